The fraction of sp³-hybridized carbons (Fsp3) is 0.800. The van der Waals surface area contributed by atoms with Crippen LogP contribution in [0.2, 0.25) is 0 Å². The highest BCUT2D eigenvalue weighted by Crippen LogP contribution is 2.34. The molecule has 3 N–H and O–H groups in total. The number of hydrogen-bond acceptors (Lipinski definition) is 4. The Morgan fingerprint density at radius 1 is 1.36 bits per heavy atom. The Balaban J connectivity index is 1.59. The van der Waals surface area contributed by atoms with E-state index in [0.717, 1.165) is 37.3 Å². The molecule has 4 amide bonds. The summed E-state index contributed by atoms with van der Waals surface area (Å²) in [6.07, 6.45) is 4.25. The maximum atomic E-state index is 12.5. The van der Waals surface area contributed by atoms with Crippen LogP contribution >= 0.6 is 0 Å². The molecule has 3 aliphatic rings. The Hall–Kier alpha value is -1.63. The molecule has 122 valence electrons. The number of amides is 4. The van der Waals surface area contributed by atoms with Gasteiger partial charge in [0.2, 0.25) is 5.91 Å². The van der Waals surface area contributed by atoms with E-state index in [0.29, 0.717) is 18.8 Å². The predicted octanol–water partition coefficient (Wildman–Crippen LogP) is -0.0348. The van der Waals surface area contributed by atoms with Crippen LogP contribution in [0.25, 0.3) is 0 Å². The number of hydrogen-bond donors (Lipinski definition) is 3. The SMILES string of the molecule is CC1CCNCC1NC(=O)CN1C(=O)NC2(CCCC2)C1=O. The van der Waals surface area contributed by atoms with E-state index >= 15 is 0 Å². The highest BCUT2D eigenvalue weighted by atomic mass is 16.2. The summed E-state index contributed by atoms with van der Waals surface area (Å²) in [5.74, 6) is -0.103. The second kappa shape index (κ2) is 5.87. The molecule has 22 heavy (non-hydrogen) atoms. The number of imide groups is 1. The first-order chi connectivity index (χ1) is 10.5. The Kier molecular flexibility index (Phi) is 4.08. The van der Waals surface area contributed by atoms with Gasteiger partial charge in [-0.05, 0) is 31.7 Å². The van der Waals surface area contributed by atoms with E-state index in [4.69, 9.17) is 0 Å². The average Bonchev–Trinajstić information content (AvgIpc) is 3.03. The lowest BCUT2D eigenvalue weighted by molar-refractivity contribution is -0.135. The van der Waals surface area contributed by atoms with Gasteiger partial charge < -0.3 is 16.0 Å². The largest absolute Gasteiger partial charge is 0.350 e. The van der Waals surface area contributed by atoms with Crippen LogP contribution in [-0.4, -0.2) is 54.0 Å². The van der Waals surface area contributed by atoms with Crippen LogP contribution in [0.3, 0.4) is 0 Å². The standard InChI is InChI=1S/C15H24N4O3/c1-10-4-7-16-8-11(10)17-12(20)9-19-13(21)15(18-14(19)22)5-2-3-6-15/h10-11,16H,2-9H2,1H3,(H,17,20)(H,18,22). The van der Waals surface area contributed by atoms with E-state index in [-0.39, 0.29) is 24.4 Å². The summed E-state index contributed by atoms with van der Waals surface area (Å²) in [5, 5.41) is 8.98. The van der Waals surface area contributed by atoms with E-state index in [2.05, 4.69) is 22.9 Å². The van der Waals surface area contributed by atoms with Gasteiger partial charge in [0.1, 0.15) is 12.1 Å². The van der Waals surface area contributed by atoms with Crippen molar-refractivity contribution in [2.75, 3.05) is 19.6 Å². The first-order valence-corrected chi connectivity index (χ1v) is 8.16. The topological polar surface area (TPSA) is 90.5 Å². The molecule has 2 atom stereocenters. The molecule has 0 bridgehead atoms. The van der Waals surface area contributed by atoms with E-state index < -0.39 is 11.6 Å². The first kappa shape index (κ1) is 15.3. The Morgan fingerprint density at radius 2 is 2.09 bits per heavy atom. The van der Waals surface area contributed by atoms with Crippen molar-refractivity contribution in [3.8, 4) is 0 Å². The van der Waals surface area contributed by atoms with Crippen molar-refractivity contribution in [3.05, 3.63) is 0 Å². The molecule has 1 spiro atoms. The van der Waals surface area contributed by atoms with E-state index in [9.17, 15) is 14.4 Å². The van der Waals surface area contributed by atoms with Crippen LogP contribution in [0.1, 0.15) is 39.0 Å². The summed E-state index contributed by atoms with van der Waals surface area (Å²) in [4.78, 5) is 37.8. The van der Waals surface area contributed by atoms with Gasteiger partial charge >= 0.3 is 6.03 Å². The minimum atomic E-state index is -0.739. The number of carbonyl (C=O) groups excluding carboxylic acids is 3. The molecular formula is C15H24N4O3. The third-order valence-corrected chi connectivity index (χ3v) is 5.18. The zero-order valence-electron chi connectivity index (χ0n) is 13.0. The summed E-state index contributed by atoms with van der Waals surface area (Å²) < 4.78 is 0. The highest BCUT2D eigenvalue weighted by Gasteiger charge is 2.52. The third kappa shape index (κ3) is 2.69. The molecule has 2 saturated heterocycles. The summed E-state index contributed by atoms with van der Waals surface area (Å²) in [5.41, 5.74) is -0.739. The molecule has 7 nitrogen and oxygen atoms in total. The first-order valence-electron chi connectivity index (χ1n) is 8.16. The van der Waals surface area contributed by atoms with Crippen molar-refractivity contribution in [2.24, 2.45) is 5.92 Å². The van der Waals surface area contributed by atoms with Crippen LogP contribution in [0.4, 0.5) is 4.79 Å². The summed E-state index contributed by atoms with van der Waals surface area (Å²) in [6.45, 7) is 3.61. The van der Waals surface area contributed by atoms with Crippen LogP contribution in [0.15, 0.2) is 0 Å². The van der Waals surface area contributed by atoms with Crippen LogP contribution in [-0.2, 0) is 9.59 Å². The number of nitrogens with one attached hydrogen (secondary N) is 3. The van der Waals surface area contributed by atoms with Crippen molar-refractivity contribution in [2.45, 2.75) is 50.6 Å². The predicted molar refractivity (Wildman–Crippen MR) is 80.0 cm³/mol. The molecule has 0 aromatic heterocycles. The summed E-state index contributed by atoms with van der Waals surface area (Å²) >= 11 is 0. The smallest absolute Gasteiger partial charge is 0.325 e. The Bertz CT molecular complexity index is 487. The van der Waals surface area contributed by atoms with Gasteiger partial charge in [0.25, 0.3) is 5.91 Å². The fourth-order valence-corrected chi connectivity index (χ4v) is 3.72. The second-order valence-corrected chi connectivity index (χ2v) is 6.75. The van der Waals surface area contributed by atoms with Gasteiger partial charge in [-0.2, -0.15) is 0 Å². The lowest BCUT2D eigenvalue weighted by Crippen LogP contribution is -2.53. The minimum absolute atomic E-state index is 0.0578. The number of urea groups is 1. The number of nitrogens with zero attached hydrogens (tertiary/aromatic N) is 1. The van der Waals surface area contributed by atoms with Crippen molar-refractivity contribution < 1.29 is 14.4 Å². The van der Waals surface area contributed by atoms with E-state index in [1.807, 2.05) is 0 Å². The molecule has 2 unspecified atom stereocenters. The maximum absolute atomic E-state index is 12.5. The Labute approximate surface area is 130 Å². The maximum Gasteiger partial charge on any atom is 0.325 e. The normalized spacial score (nSPS) is 30.7. The van der Waals surface area contributed by atoms with Crippen molar-refractivity contribution in [1.82, 2.24) is 20.9 Å². The van der Waals surface area contributed by atoms with E-state index in [1.165, 1.54) is 0 Å². The molecule has 7 heteroatoms. The van der Waals surface area contributed by atoms with Crippen LogP contribution in [0.5, 0.6) is 0 Å². The molecule has 2 heterocycles. The van der Waals surface area contributed by atoms with Gasteiger partial charge in [-0.25, -0.2) is 4.79 Å². The summed E-state index contributed by atoms with van der Waals surface area (Å²) in [7, 11) is 0. The van der Waals surface area contributed by atoms with Gasteiger partial charge in [-0.3, -0.25) is 14.5 Å². The number of rotatable bonds is 3. The highest BCUT2D eigenvalue weighted by molar-refractivity contribution is 6.09. The molecule has 3 fully saturated rings. The van der Waals surface area contributed by atoms with Gasteiger partial charge in [0.15, 0.2) is 0 Å². The monoisotopic (exact) mass is 308 g/mol. The molecular weight excluding hydrogens is 284 g/mol. The minimum Gasteiger partial charge on any atom is -0.350 e. The van der Waals surface area contributed by atoms with Gasteiger partial charge in [-0.15, -0.1) is 0 Å². The average molecular weight is 308 g/mol. The molecule has 0 radical (unpaired) electrons. The van der Waals surface area contributed by atoms with Gasteiger partial charge in [0, 0.05) is 12.6 Å². The third-order valence-electron chi connectivity index (χ3n) is 5.18. The van der Waals surface area contributed by atoms with E-state index in [1.54, 1.807) is 0 Å². The van der Waals surface area contributed by atoms with Crippen molar-refractivity contribution in [1.29, 1.82) is 0 Å². The van der Waals surface area contributed by atoms with Gasteiger partial charge in [-0.1, -0.05) is 19.8 Å². The number of carbonyl (C=O) groups is 3. The molecule has 0 aromatic carbocycles. The fourth-order valence-electron chi connectivity index (χ4n) is 3.72. The van der Waals surface area contributed by atoms with Crippen LogP contribution < -0.4 is 16.0 Å². The van der Waals surface area contributed by atoms with Crippen LogP contribution in [0, 0.1) is 5.92 Å². The lowest BCUT2D eigenvalue weighted by Gasteiger charge is -2.30. The van der Waals surface area contributed by atoms with Crippen molar-refractivity contribution >= 4 is 17.8 Å². The lowest BCUT2D eigenvalue weighted by atomic mass is 9.95. The number of piperidine rings is 1. The molecule has 2 aliphatic heterocycles. The summed E-state index contributed by atoms with van der Waals surface area (Å²) in [6, 6.07) is -0.376. The zero-order chi connectivity index (χ0) is 15.7. The molecule has 1 aliphatic carbocycles. The molecule has 0 aromatic rings. The zero-order valence-corrected chi connectivity index (χ0v) is 13.0. The Morgan fingerprint density at radius 3 is 2.77 bits per heavy atom. The second-order valence-electron chi connectivity index (χ2n) is 6.75. The van der Waals surface area contributed by atoms with Crippen molar-refractivity contribution in [3.63, 3.8) is 0 Å². The van der Waals surface area contributed by atoms with Gasteiger partial charge in [0.05, 0.1) is 0 Å². The quantitative estimate of drug-likeness (QED) is 0.638. The molecule has 3 rings (SSSR count). The molecule has 1 saturated carbocycles.